The standard InChI is InChI=1S/C16H27NO10/c1-6-10(17-7(2)19)9(4-8(5-18)25-6)26-16-12(21)11(20)13(24-3)14(27-16)15(22)23/h6,8-14,16,18,20-21H,4-5H2,1-3H3,(H,17,19)(H,22,23)/p-1. The zero-order chi connectivity index (χ0) is 20.3. The molecular formula is C16H26NO10-. The van der Waals surface area contributed by atoms with Crippen LogP contribution >= 0.6 is 0 Å². The van der Waals surface area contributed by atoms with Gasteiger partial charge in [-0.3, -0.25) is 4.79 Å². The summed E-state index contributed by atoms with van der Waals surface area (Å²) in [7, 11) is 1.17. The first-order valence-corrected chi connectivity index (χ1v) is 8.63. The molecule has 2 fully saturated rings. The van der Waals surface area contributed by atoms with Gasteiger partial charge in [0.1, 0.15) is 24.4 Å². The fraction of sp³-hybridized carbons (Fsp3) is 0.875. The van der Waals surface area contributed by atoms with Gasteiger partial charge in [-0.05, 0) is 6.92 Å². The Morgan fingerprint density at radius 3 is 2.44 bits per heavy atom. The molecule has 2 aliphatic heterocycles. The molecule has 0 aromatic rings. The summed E-state index contributed by atoms with van der Waals surface area (Å²) < 4.78 is 21.5. The van der Waals surface area contributed by atoms with E-state index in [0.29, 0.717) is 0 Å². The number of carbonyl (C=O) groups is 2. The van der Waals surface area contributed by atoms with E-state index in [2.05, 4.69) is 5.32 Å². The number of hydrogen-bond donors (Lipinski definition) is 4. The Morgan fingerprint density at radius 2 is 1.93 bits per heavy atom. The van der Waals surface area contributed by atoms with Crippen LogP contribution in [0.1, 0.15) is 20.3 Å². The normalized spacial score (nSPS) is 42.5. The molecule has 0 bridgehead atoms. The molecule has 0 aromatic heterocycles. The third-order valence-electron chi connectivity index (χ3n) is 4.74. The van der Waals surface area contributed by atoms with Crippen LogP contribution in [0.5, 0.6) is 0 Å². The monoisotopic (exact) mass is 392 g/mol. The van der Waals surface area contributed by atoms with Crippen molar-refractivity contribution in [2.45, 2.75) is 75.3 Å². The van der Waals surface area contributed by atoms with Gasteiger partial charge in [-0.25, -0.2) is 0 Å². The molecule has 1 amide bonds. The predicted molar refractivity (Wildman–Crippen MR) is 85.0 cm³/mol. The second-order valence-electron chi connectivity index (χ2n) is 6.71. The van der Waals surface area contributed by atoms with E-state index in [1.54, 1.807) is 6.92 Å². The van der Waals surface area contributed by atoms with E-state index in [-0.39, 0.29) is 18.9 Å². The number of hydrogen-bond acceptors (Lipinski definition) is 10. The highest BCUT2D eigenvalue weighted by molar-refractivity contribution is 5.73. The number of carbonyl (C=O) groups excluding carboxylic acids is 2. The summed E-state index contributed by atoms with van der Waals surface area (Å²) in [6.45, 7) is 2.70. The fourth-order valence-corrected chi connectivity index (χ4v) is 3.43. The molecule has 0 aliphatic carbocycles. The van der Waals surface area contributed by atoms with Crippen molar-refractivity contribution in [3.05, 3.63) is 0 Å². The highest BCUT2D eigenvalue weighted by Crippen LogP contribution is 2.29. The van der Waals surface area contributed by atoms with Crippen LogP contribution in [0.15, 0.2) is 0 Å². The van der Waals surface area contributed by atoms with Crippen molar-refractivity contribution in [3.8, 4) is 0 Å². The summed E-state index contributed by atoms with van der Waals surface area (Å²) in [6, 6.07) is -0.639. The van der Waals surface area contributed by atoms with Crippen molar-refractivity contribution >= 4 is 11.9 Å². The SMILES string of the molecule is COC1C(C(=O)[O-])OC(OC2CC(CO)OC(C)C2NC(C)=O)C(O)C1O. The van der Waals surface area contributed by atoms with Crippen LogP contribution in [-0.2, 0) is 28.5 Å². The summed E-state index contributed by atoms with van der Waals surface area (Å²) in [5.41, 5.74) is 0. The third kappa shape index (κ3) is 4.93. The zero-order valence-corrected chi connectivity index (χ0v) is 15.3. The molecule has 4 N–H and O–H groups in total. The van der Waals surface area contributed by atoms with Gasteiger partial charge in [0.15, 0.2) is 6.29 Å². The topological polar surface area (TPSA) is 167 Å². The lowest BCUT2D eigenvalue weighted by Crippen LogP contribution is -2.65. The van der Waals surface area contributed by atoms with E-state index >= 15 is 0 Å². The molecule has 27 heavy (non-hydrogen) atoms. The highest BCUT2D eigenvalue weighted by Gasteiger charge is 2.48. The largest absolute Gasteiger partial charge is 0.547 e. The molecule has 0 radical (unpaired) electrons. The molecule has 2 heterocycles. The summed E-state index contributed by atoms with van der Waals surface area (Å²) in [5, 5.41) is 43.8. The number of carboxylic acids is 1. The van der Waals surface area contributed by atoms with Crippen molar-refractivity contribution in [1.82, 2.24) is 5.32 Å². The Balaban J connectivity index is 2.19. The van der Waals surface area contributed by atoms with Gasteiger partial charge in [-0.1, -0.05) is 0 Å². The number of aliphatic hydroxyl groups is 3. The van der Waals surface area contributed by atoms with E-state index in [4.69, 9.17) is 18.9 Å². The number of amides is 1. The zero-order valence-electron chi connectivity index (χ0n) is 15.3. The van der Waals surface area contributed by atoms with E-state index in [1.165, 1.54) is 14.0 Å². The van der Waals surface area contributed by atoms with Crippen LogP contribution < -0.4 is 10.4 Å². The Hall–Kier alpha value is -1.34. The van der Waals surface area contributed by atoms with E-state index in [1.807, 2.05) is 0 Å². The van der Waals surface area contributed by atoms with Crippen LogP contribution in [-0.4, -0.2) is 96.0 Å². The lowest BCUT2D eigenvalue weighted by Gasteiger charge is -2.46. The van der Waals surface area contributed by atoms with Crippen molar-refractivity contribution in [1.29, 1.82) is 0 Å². The van der Waals surface area contributed by atoms with Crippen LogP contribution in [0.2, 0.25) is 0 Å². The maximum absolute atomic E-state index is 11.5. The van der Waals surface area contributed by atoms with Gasteiger partial charge in [0, 0.05) is 20.5 Å². The molecule has 0 spiro atoms. The minimum atomic E-state index is -1.66. The molecule has 9 atom stereocenters. The number of ether oxygens (including phenoxy) is 4. The Bertz CT molecular complexity index is 531. The number of carboxylic acid groups (broad SMARTS) is 1. The molecule has 156 valence electrons. The van der Waals surface area contributed by atoms with Gasteiger partial charge in [0.05, 0.1) is 36.9 Å². The second kappa shape index (κ2) is 9.24. The maximum Gasteiger partial charge on any atom is 0.217 e. The fourth-order valence-electron chi connectivity index (χ4n) is 3.43. The molecule has 9 unspecified atom stereocenters. The predicted octanol–water partition coefficient (Wildman–Crippen LogP) is -3.74. The van der Waals surface area contributed by atoms with Gasteiger partial charge >= 0.3 is 0 Å². The summed E-state index contributed by atoms with van der Waals surface area (Å²) in [4.78, 5) is 22.8. The highest BCUT2D eigenvalue weighted by atomic mass is 16.7. The van der Waals surface area contributed by atoms with Gasteiger partial charge < -0.3 is 49.5 Å². The second-order valence-corrected chi connectivity index (χ2v) is 6.71. The summed E-state index contributed by atoms with van der Waals surface area (Å²) in [6.07, 6.45) is -9.45. The van der Waals surface area contributed by atoms with E-state index < -0.39 is 61.0 Å². The van der Waals surface area contributed by atoms with Crippen molar-refractivity contribution in [2.75, 3.05) is 13.7 Å². The van der Waals surface area contributed by atoms with Gasteiger partial charge in [-0.15, -0.1) is 0 Å². The quantitative estimate of drug-likeness (QED) is 0.353. The smallest absolute Gasteiger partial charge is 0.217 e. The van der Waals surface area contributed by atoms with Crippen molar-refractivity contribution in [3.63, 3.8) is 0 Å². The van der Waals surface area contributed by atoms with Gasteiger partial charge in [0.25, 0.3) is 0 Å². The van der Waals surface area contributed by atoms with Crippen LogP contribution in [0.25, 0.3) is 0 Å². The third-order valence-corrected chi connectivity index (χ3v) is 4.74. The Labute approximate surface area is 156 Å². The molecule has 11 nitrogen and oxygen atoms in total. The number of nitrogens with one attached hydrogen (secondary N) is 1. The van der Waals surface area contributed by atoms with Gasteiger partial charge in [-0.2, -0.15) is 0 Å². The molecule has 0 aromatic carbocycles. The minimum absolute atomic E-state index is 0.151. The minimum Gasteiger partial charge on any atom is -0.547 e. The van der Waals surface area contributed by atoms with Crippen LogP contribution in [0.3, 0.4) is 0 Å². The van der Waals surface area contributed by atoms with Crippen molar-refractivity contribution < 1.29 is 49.0 Å². The molecule has 0 saturated carbocycles. The number of rotatable bonds is 6. The number of aliphatic carboxylic acids is 1. The lowest BCUT2D eigenvalue weighted by atomic mass is 9.95. The molecule has 11 heteroatoms. The van der Waals surface area contributed by atoms with E-state index in [9.17, 15) is 30.0 Å². The first-order valence-electron chi connectivity index (χ1n) is 8.63. The first-order chi connectivity index (χ1) is 12.7. The summed E-state index contributed by atoms with van der Waals surface area (Å²) >= 11 is 0. The number of methoxy groups -OCH3 is 1. The Morgan fingerprint density at radius 1 is 1.26 bits per heavy atom. The van der Waals surface area contributed by atoms with Crippen LogP contribution in [0, 0.1) is 0 Å². The average Bonchev–Trinajstić information content (AvgIpc) is 2.60. The summed E-state index contributed by atoms with van der Waals surface area (Å²) in [5.74, 6) is -1.97. The molecule has 2 aliphatic rings. The lowest BCUT2D eigenvalue weighted by molar-refractivity contribution is -0.357. The average molecular weight is 392 g/mol. The maximum atomic E-state index is 11.5. The molecular weight excluding hydrogens is 366 g/mol. The molecule has 2 saturated heterocycles. The number of aliphatic hydroxyl groups excluding tert-OH is 3. The molecule has 2 rings (SSSR count). The first kappa shape index (κ1) is 22.0. The van der Waals surface area contributed by atoms with Crippen molar-refractivity contribution in [2.24, 2.45) is 0 Å². The van der Waals surface area contributed by atoms with Gasteiger partial charge in [0.2, 0.25) is 5.91 Å². The van der Waals surface area contributed by atoms with Crippen LogP contribution in [0.4, 0.5) is 0 Å². The Kier molecular flexibility index (Phi) is 7.51. The van der Waals surface area contributed by atoms with E-state index in [0.717, 1.165) is 0 Å².